The van der Waals surface area contributed by atoms with Crippen molar-refractivity contribution in [2.45, 2.75) is 50.1 Å². The number of fused-ring (bicyclic) bond motifs is 3. The van der Waals surface area contributed by atoms with Crippen LogP contribution in [0.2, 0.25) is 0 Å². The molecule has 2 aliphatic rings. The van der Waals surface area contributed by atoms with Crippen LogP contribution in [0.4, 0.5) is 4.79 Å². The highest BCUT2D eigenvalue weighted by Crippen LogP contribution is 2.44. The van der Waals surface area contributed by atoms with E-state index in [1.807, 2.05) is 24.3 Å². The number of carbonyl (C=O) groups excluding carboxylic acids is 2. The number of hydrogen-bond acceptors (Lipinski definition) is 5. The number of alkyl carbamates (subject to hydrolysis) is 1. The lowest BCUT2D eigenvalue weighted by molar-refractivity contribution is -0.150. The average molecular weight is 481 g/mol. The Morgan fingerprint density at radius 2 is 1.66 bits per heavy atom. The molecule has 2 aromatic carbocycles. The highest BCUT2D eigenvalue weighted by Gasteiger charge is 2.38. The SMILES string of the molecule is COCC(C)(NC(=O)C1CCCC(NC(=O)OCC2c3ccccc3-c3ccccc32)C1)C(=O)O. The number of methoxy groups -OCH3 is 1. The molecular weight excluding hydrogens is 448 g/mol. The fourth-order valence-electron chi connectivity index (χ4n) is 5.18. The summed E-state index contributed by atoms with van der Waals surface area (Å²) in [5.41, 5.74) is 3.13. The standard InChI is InChI=1S/C27H32N2O6/c1-27(16-34-2,25(31)32)29-24(30)17-8-7-9-18(14-17)28-26(33)35-15-23-21-12-5-3-10-19(21)20-11-4-6-13-22(20)23/h3-6,10-13,17-18,23H,7-9,14-16H2,1-2H3,(H,28,33)(H,29,30)(H,31,32). The molecule has 1 saturated carbocycles. The van der Waals surface area contributed by atoms with E-state index in [1.165, 1.54) is 25.2 Å². The lowest BCUT2D eigenvalue weighted by atomic mass is 9.84. The summed E-state index contributed by atoms with van der Waals surface area (Å²) in [7, 11) is 1.39. The van der Waals surface area contributed by atoms with Crippen molar-refractivity contribution in [3.8, 4) is 11.1 Å². The number of carboxylic acids is 1. The maximum Gasteiger partial charge on any atom is 0.407 e. The number of carbonyl (C=O) groups is 3. The number of carboxylic acid groups (broad SMARTS) is 1. The molecule has 186 valence electrons. The van der Waals surface area contributed by atoms with E-state index in [1.54, 1.807) is 0 Å². The molecule has 0 aliphatic heterocycles. The number of hydrogen-bond donors (Lipinski definition) is 3. The molecule has 2 aromatic rings. The van der Waals surface area contributed by atoms with Gasteiger partial charge in [0.1, 0.15) is 6.61 Å². The molecule has 0 heterocycles. The largest absolute Gasteiger partial charge is 0.479 e. The lowest BCUT2D eigenvalue weighted by Crippen LogP contribution is -2.57. The number of rotatable bonds is 8. The van der Waals surface area contributed by atoms with Crippen molar-refractivity contribution >= 4 is 18.0 Å². The first-order valence-electron chi connectivity index (χ1n) is 12.0. The zero-order valence-corrected chi connectivity index (χ0v) is 20.1. The summed E-state index contributed by atoms with van der Waals surface area (Å²) in [4.78, 5) is 37.0. The molecule has 0 bridgehead atoms. The summed E-state index contributed by atoms with van der Waals surface area (Å²) < 4.78 is 10.6. The third kappa shape index (κ3) is 5.32. The molecule has 0 saturated heterocycles. The Kier molecular flexibility index (Phi) is 7.40. The second kappa shape index (κ2) is 10.5. The van der Waals surface area contributed by atoms with Gasteiger partial charge in [-0.15, -0.1) is 0 Å². The molecule has 3 N–H and O–H groups in total. The molecule has 4 rings (SSSR count). The fourth-order valence-corrected chi connectivity index (χ4v) is 5.18. The van der Waals surface area contributed by atoms with E-state index < -0.39 is 23.5 Å². The van der Waals surface area contributed by atoms with E-state index in [0.717, 1.165) is 24.0 Å². The molecule has 0 radical (unpaired) electrons. The first kappa shape index (κ1) is 24.7. The van der Waals surface area contributed by atoms with Crippen molar-refractivity contribution in [1.29, 1.82) is 0 Å². The molecule has 8 heteroatoms. The van der Waals surface area contributed by atoms with Crippen LogP contribution in [-0.4, -0.2) is 55.0 Å². The van der Waals surface area contributed by atoms with Gasteiger partial charge in [-0.2, -0.15) is 0 Å². The Labute approximate surface area is 205 Å². The van der Waals surface area contributed by atoms with Crippen LogP contribution in [0.15, 0.2) is 48.5 Å². The number of ether oxygens (including phenoxy) is 2. The van der Waals surface area contributed by atoms with Gasteiger partial charge in [0.25, 0.3) is 0 Å². The van der Waals surface area contributed by atoms with Crippen LogP contribution in [0.3, 0.4) is 0 Å². The van der Waals surface area contributed by atoms with Crippen molar-refractivity contribution in [2.24, 2.45) is 5.92 Å². The van der Waals surface area contributed by atoms with E-state index in [9.17, 15) is 19.5 Å². The van der Waals surface area contributed by atoms with Crippen molar-refractivity contribution in [3.05, 3.63) is 59.7 Å². The molecule has 0 aromatic heterocycles. The quantitative estimate of drug-likeness (QED) is 0.531. The minimum absolute atomic E-state index is 0.0208. The smallest absolute Gasteiger partial charge is 0.407 e. The molecule has 3 unspecified atom stereocenters. The number of amides is 2. The number of aliphatic carboxylic acids is 1. The van der Waals surface area contributed by atoms with E-state index in [4.69, 9.17) is 9.47 Å². The molecule has 2 aliphatic carbocycles. The molecule has 8 nitrogen and oxygen atoms in total. The lowest BCUT2D eigenvalue weighted by Gasteiger charge is -2.32. The molecule has 35 heavy (non-hydrogen) atoms. The predicted octanol–water partition coefficient (Wildman–Crippen LogP) is 3.69. The van der Waals surface area contributed by atoms with Crippen LogP contribution in [0.25, 0.3) is 11.1 Å². The number of nitrogens with one attached hydrogen (secondary N) is 2. The molecule has 1 fully saturated rings. The topological polar surface area (TPSA) is 114 Å². The van der Waals surface area contributed by atoms with Gasteiger partial charge in [-0.3, -0.25) is 4.79 Å². The summed E-state index contributed by atoms with van der Waals surface area (Å²) in [5, 5.41) is 15.0. The minimum Gasteiger partial charge on any atom is -0.479 e. The zero-order valence-electron chi connectivity index (χ0n) is 20.1. The Morgan fingerprint density at radius 3 is 2.26 bits per heavy atom. The van der Waals surface area contributed by atoms with Crippen molar-refractivity contribution in [3.63, 3.8) is 0 Å². The summed E-state index contributed by atoms with van der Waals surface area (Å²) in [6, 6.07) is 16.1. The molecule has 2 amide bonds. The van der Waals surface area contributed by atoms with Crippen LogP contribution >= 0.6 is 0 Å². The van der Waals surface area contributed by atoms with Gasteiger partial charge >= 0.3 is 12.1 Å². The second-order valence-electron chi connectivity index (χ2n) is 9.59. The van der Waals surface area contributed by atoms with Gasteiger partial charge in [0, 0.05) is 25.0 Å². The minimum atomic E-state index is -1.50. The summed E-state index contributed by atoms with van der Waals surface area (Å²) in [6.07, 6.45) is 2.05. The first-order chi connectivity index (χ1) is 16.8. The van der Waals surface area contributed by atoms with Crippen LogP contribution in [0.1, 0.15) is 49.7 Å². The first-order valence-corrected chi connectivity index (χ1v) is 12.0. The summed E-state index contributed by atoms with van der Waals surface area (Å²) in [6.45, 7) is 1.51. The molecular formula is C27H32N2O6. The molecule has 3 atom stereocenters. The summed E-state index contributed by atoms with van der Waals surface area (Å²) >= 11 is 0. The second-order valence-corrected chi connectivity index (χ2v) is 9.59. The van der Waals surface area contributed by atoms with E-state index >= 15 is 0 Å². The van der Waals surface area contributed by atoms with Crippen LogP contribution < -0.4 is 10.6 Å². The highest BCUT2D eigenvalue weighted by atomic mass is 16.5. The van der Waals surface area contributed by atoms with E-state index in [0.29, 0.717) is 12.8 Å². The van der Waals surface area contributed by atoms with Gasteiger partial charge in [0.2, 0.25) is 5.91 Å². The monoisotopic (exact) mass is 480 g/mol. The third-order valence-electron chi connectivity index (χ3n) is 7.01. The van der Waals surface area contributed by atoms with Crippen LogP contribution in [0, 0.1) is 5.92 Å². The maximum absolute atomic E-state index is 12.8. The van der Waals surface area contributed by atoms with Gasteiger partial charge in [-0.05, 0) is 48.4 Å². The summed E-state index contributed by atoms with van der Waals surface area (Å²) in [5.74, 6) is -1.91. The normalized spacial score (nSPS) is 20.7. The average Bonchev–Trinajstić information content (AvgIpc) is 3.16. The Morgan fingerprint density at radius 1 is 1.03 bits per heavy atom. The molecule has 0 spiro atoms. The van der Waals surface area contributed by atoms with Gasteiger partial charge in [-0.25, -0.2) is 9.59 Å². The maximum atomic E-state index is 12.8. The van der Waals surface area contributed by atoms with Crippen molar-refractivity contribution in [2.75, 3.05) is 20.3 Å². The van der Waals surface area contributed by atoms with Gasteiger partial charge in [0.05, 0.1) is 6.61 Å². The predicted molar refractivity (Wildman–Crippen MR) is 130 cm³/mol. The third-order valence-corrected chi connectivity index (χ3v) is 7.01. The fraction of sp³-hybridized carbons (Fsp3) is 0.444. The van der Waals surface area contributed by atoms with E-state index in [-0.39, 0.29) is 31.1 Å². The van der Waals surface area contributed by atoms with Gasteiger partial charge in [0.15, 0.2) is 5.54 Å². The Hall–Kier alpha value is -3.39. The highest BCUT2D eigenvalue weighted by molar-refractivity contribution is 5.88. The van der Waals surface area contributed by atoms with Gasteiger partial charge in [-0.1, -0.05) is 55.0 Å². The Bertz CT molecular complexity index is 1060. The number of benzene rings is 2. The van der Waals surface area contributed by atoms with E-state index in [2.05, 4.69) is 34.9 Å². The van der Waals surface area contributed by atoms with Crippen molar-refractivity contribution in [1.82, 2.24) is 10.6 Å². The zero-order chi connectivity index (χ0) is 25.0. The van der Waals surface area contributed by atoms with Crippen molar-refractivity contribution < 1.29 is 29.0 Å². The van der Waals surface area contributed by atoms with Crippen LogP contribution in [0.5, 0.6) is 0 Å². The Balaban J connectivity index is 1.33. The van der Waals surface area contributed by atoms with Crippen LogP contribution in [-0.2, 0) is 19.1 Å². The van der Waals surface area contributed by atoms with Gasteiger partial charge < -0.3 is 25.2 Å².